The van der Waals surface area contributed by atoms with E-state index >= 15 is 0 Å². The zero-order valence-electron chi connectivity index (χ0n) is 11.1. The number of rotatable bonds is 5. The van der Waals surface area contributed by atoms with Crippen molar-refractivity contribution in [3.63, 3.8) is 0 Å². The number of furan rings is 1. The molecule has 0 bridgehead atoms. The summed E-state index contributed by atoms with van der Waals surface area (Å²) in [6, 6.07) is 12.0. The number of anilines is 1. The molecule has 0 saturated carbocycles. The van der Waals surface area contributed by atoms with Gasteiger partial charge in [0.25, 0.3) is 0 Å². The van der Waals surface area contributed by atoms with Crippen molar-refractivity contribution < 1.29 is 8.83 Å². The Hall–Kier alpha value is -2.56. The van der Waals surface area contributed by atoms with Crippen molar-refractivity contribution in [3.05, 3.63) is 54.8 Å². The van der Waals surface area contributed by atoms with Gasteiger partial charge in [-0.25, -0.2) is 0 Å². The van der Waals surface area contributed by atoms with Crippen LogP contribution < -0.4 is 5.32 Å². The van der Waals surface area contributed by atoms with E-state index in [0.717, 1.165) is 23.4 Å². The summed E-state index contributed by atoms with van der Waals surface area (Å²) < 4.78 is 10.6. The van der Waals surface area contributed by atoms with Crippen LogP contribution in [0, 0.1) is 0 Å². The van der Waals surface area contributed by atoms with Crippen LogP contribution in [0.3, 0.4) is 0 Å². The molecular weight excluding hydrogens is 254 g/mol. The van der Waals surface area contributed by atoms with Crippen LogP contribution in [0.2, 0.25) is 0 Å². The van der Waals surface area contributed by atoms with Gasteiger partial charge in [-0.1, -0.05) is 6.07 Å². The molecule has 20 heavy (non-hydrogen) atoms. The van der Waals surface area contributed by atoms with E-state index in [4.69, 9.17) is 8.83 Å². The second-order valence-electron chi connectivity index (χ2n) is 4.65. The fourth-order valence-electron chi connectivity index (χ4n) is 2.11. The van der Waals surface area contributed by atoms with Crippen LogP contribution in [0.25, 0.3) is 11.5 Å². The van der Waals surface area contributed by atoms with E-state index in [2.05, 4.69) is 22.4 Å². The van der Waals surface area contributed by atoms with Gasteiger partial charge >= 0.3 is 0 Å². The topological polar surface area (TPSA) is 64.1 Å². The van der Waals surface area contributed by atoms with E-state index in [0.29, 0.717) is 5.89 Å². The van der Waals surface area contributed by atoms with Crippen molar-refractivity contribution in [1.29, 1.82) is 0 Å². The molecule has 0 fully saturated rings. The molecule has 5 heteroatoms. The fraction of sp³-hybridized carbons (Fsp3) is 0.200. The van der Waals surface area contributed by atoms with E-state index in [1.54, 1.807) is 6.26 Å². The fourth-order valence-corrected chi connectivity index (χ4v) is 2.11. The summed E-state index contributed by atoms with van der Waals surface area (Å²) in [6.07, 6.45) is 3.85. The van der Waals surface area contributed by atoms with Gasteiger partial charge < -0.3 is 14.2 Å². The Morgan fingerprint density at radius 1 is 1.20 bits per heavy atom. The molecule has 3 aromatic rings. The summed E-state index contributed by atoms with van der Waals surface area (Å²) in [6.45, 7) is 2.11. The Bertz CT molecular complexity index is 648. The number of benzene rings is 1. The molecule has 1 N–H and O–H groups in total. The molecule has 0 saturated heterocycles. The molecule has 0 aliphatic rings. The first-order valence-corrected chi connectivity index (χ1v) is 6.47. The van der Waals surface area contributed by atoms with Gasteiger partial charge in [0, 0.05) is 23.7 Å². The molecule has 5 nitrogen and oxygen atoms in total. The van der Waals surface area contributed by atoms with Gasteiger partial charge in [0.1, 0.15) is 5.76 Å². The average Bonchev–Trinajstić information content (AvgIpc) is 3.11. The van der Waals surface area contributed by atoms with Crippen molar-refractivity contribution in [3.8, 4) is 11.5 Å². The second-order valence-corrected chi connectivity index (χ2v) is 4.65. The molecule has 2 aromatic heterocycles. The summed E-state index contributed by atoms with van der Waals surface area (Å²) in [4.78, 5) is 0. The van der Waals surface area contributed by atoms with E-state index in [-0.39, 0.29) is 6.04 Å². The number of nitrogens with zero attached hydrogens (tertiary/aromatic N) is 2. The highest BCUT2D eigenvalue weighted by atomic mass is 16.4. The van der Waals surface area contributed by atoms with Crippen LogP contribution in [-0.4, -0.2) is 16.2 Å². The van der Waals surface area contributed by atoms with E-state index < -0.39 is 0 Å². The SMILES string of the molecule is CC(Cc1ccco1)Nc1cccc(-c2nnco2)c1. The number of nitrogens with one attached hydrogen (secondary N) is 1. The molecular formula is C15H15N3O2. The Balaban J connectivity index is 1.70. The van der Waals surface area contributed by atoms with Gasteiger partial charge in [-0.15, -0.1) is 10.2 Å². The Kier molecular flexibility index (Phi) is 3.50. The minimum absolute atomic E-state index is 0.263. The number of hydrogen-bond acceptors (Lipinski definition) is 5. The highest BCUT2D eigenvalue weighted by Crippen LogP contribution is 2.21. The van der Waals surface area contributed by atoms with Crippen molar-refractivity contribution in [2.75, 3.05) is 5.32 Å². The second kappa shape index (κ2) is 5.61. The minimum Gasteiger partial charge on any atom is -0.469 e. The largest absolute Gasteiger partial charge is 0.469 e. The van der Waals surface area contributed by atoms with E-state index in [9.17, 15) is 0 Å². The lowest BCUT2D eigenvalue weighted by molar-refractivity contribution is 0.498. The van der Waals surface area contributed by atoms with Gasteiger partial charge in [0.05, 0.1) is 6.26 Å². The van der Waals surface area contributed by atoms with Gasteiger partial charge in [-0.3, -0.25) is 0 Å². The summed E-state index contributed by atoms with van der Waals surface area (Å²) in [5.41, 5.74) is 1.91. The quantitative estimate of drug-likeness (QED) is 0.769. The molecule has 1 atom stereocenters. The van der Waals surface area contributed by atoms with E-state index in [1.807, 2.05) is 36.4 Å². The maximum Gasteiger partial charge on any atom is 0.247 e. The first-order chi connectivity index (χ1) is 9.81. The monoisotopic (exact) mass is 269 g/mol. The summed E-state index contributed by atoms with van der Waals surface area (Å²) in [5.74, 6) is 1.49. The first kappa shape index (κ1) is 12.5. The molecule has 3 rings (SSSR count). The predicted octanol–water partition coefficient (Wildman–Crippen LogP) is 3.37. The van der Waals surface area contributed by atoms with Gasteiger partial charge in [-0.2, -0.15) is 0 Å². The van der Waals surface area contributed by atoms with Crippen LogP contribution >= 0.6 is 0 Å². The molecule has 1 unspecified atom stereocenters. The van der Waals surface area contributed by atoms with E-state index in [1.165, 1.54) is 6.39 Å². The van der Waals surface area contributed by atoms with Crippen LogP contribution in [0.5, 0.6) is 0 Å². The first-order valence-electron chi connectivity index (χ1n) is 6.47. The summed E-state index contributed by atoms with van der Waals surface area (Å²) in [5, 5.41) is 11.0. The molecule has 1 aromatic carbocycles. The van der Waals surface area contributed by atoms with Crippen molar-refractivity contribution in [2.24, 2.45) is 0 Å². The summed E-state index contributed by atoms with van der Waals surface area (Å²) >= 11 is 0. The van der Waals surface area contributed by atoms with Gasteiger partial charge in [0.2, 0.25) is 12.3 Å². The third-order valence-electron chi connectivity index (χ3n) is 2.97. The normalized spacial score (nSPS) is 12.2. The average molecular weight is 269 g/mol. The van der Waals surface area contributed by atoms with Gasteiger partial charge in [0.15, 0.2) is 0 Å². The Morgan fingerprint density at radius 3 is 2.90 bits per heavy atom. The molecule has 0 aliphatic carbocycles. The summed E-state index contributed by atoms with van der Waals surface area (Å²) in [7, 11) is 0. The van der Waals surface area contributed by atoms with Crippen molar-refractivity contribution >= 4 is 5.69 Å². The van der Waals surface area contributed by atoms with Crippen molar-refractivity contribution in [2.45, 2.75) is 19.4 Å². The Morgan fingerprint density at radius 2 is 2.15 bits per heavy atom. The maximum atomic E-state index is 5.35. The standard InChI is InChI=1S/C15H15N3O2/c1-11(8-14-6-3-7-19-14)17-13-5-2-4-12(9-13)15-18-16-10-20-15/h2-7,9-11,17H,8H2,1H3. The third kappa shape index (κ3) is 2.88. The minimum atomic E-state index is 0.263. The van der Waals surface area contributed by atoms with Gasteiger partial charge in [-0.05, 0) is 37.3 Å². The smallest absolute Gasteiger partial charge is 0.247 e. The molecule has 0 radical (unpaired) electrons. The molecule has 102 valence electrons. The lowest BCUT2D eigenvalue weighted by atomic mass is 10.1. The van der Waals surface area contributed by atoms with Crippen LogP contribution in [0.15, 0.2) is 57.9 Å². The molecule has 0 amide bonds. The number of aromatic nitrogens is 2. The lowest BCUT2D eigenvalue weighted by Crippen LogP contribution is -2.17. The zero-order valence-corrected chi connectivity index (χ0v) is 11.1. The highest BCUT2D eigenvalue weighted by Gasteiger charge is 2.08. The predicted molar refractivity (Wildman–Crippen MR) is 75.2 cm³/mol. The van der Waals surface area contributed by atoms with Crippen LogP contribution in [0.1, 0.15) is 12.7 Å². The van der Waals surface area contributed by atoms with Crippen molar-refractivity contribution in [1.82, 2.24) is 10.2 Å². The molecule has 0 aliphatic heterocycles. The van der Waals surface area contributed by atoms with Crippen LogP contribution in [-0.2, 0) is 6.42 Å². The van der Waals surface area contributed by atoms with Crippen LogP contribution in [0.4, 0.5) is 5.69 Å². The third-order valence-corrected chi connectivity index (χ3v) is 2.97. The highest BCUT2D eigenvalue weighted by molar-refractivity contribution is 5.61. The Labute approximate surface area is 116 Å². The number of hydrogen-bond donors (Lipinski definition) is 1. The maximum absolute atomic E-state index is 5.35. The zero-order chi connectivity index (χ0) is 13.8. The molecule has 0 spiro atoms. The molecule has 2 heterocycles. The lowest BCUT2D eigenvalue weighted by Gasteiger charge is -2.14.